The van der Waals surface area contributed by atoms with Gasteiger partial charge in [0, 0.05) is 12.4 Å². The van der Waals surface area contributed by atoms with Gasteiger partial charge in [0.2, 0.25) is 0 Å². The van der Waals surface area contributed by atoms with Crippen LogP contribution in [0.5, 0.6) is 0 Å². The Hall–Kier alpha value is -1.16. The Kier molecular flexibility index (Phi) is 2.80. The maximum atomic E-state index is 11.1. The molecule has 1 aromatic heterocycles. The Labute approximate surface area is 65.2 Å². The van der Waals surface area contributed by atoms with Gasteiger partial charge in [0.1, 0.15) is 0 Å². The van der Waals surface area contributed by atoms with Gasteiger partial charge in [-0.05, 0) is 12.6 Å². The van der Waals surface area contributed by atoms with Crippen molar-refractivity contribution in [3.8, 4) is 0 Å². The van der Waals surface area contributed by atoms with E-state index in [1.54, 1.807) is 18.5 Å². The Morgan fingerprint density at radius 3 is 3.09 bits per heavy atom. The third kappa shape index (κ3) is 2.16. The van der Waals surface area contributed by atoms with Crippen molar-refractivity contribution in [2.45, 2.75) is 6.92 Å². The molecular weight excluding hydrogens is 142 g/mol. The third-order valence-corrected chi connectivity index (χ3v) is 1.29. The fraction of sp³-hybridized carbons (Fsp3) is 0.429. The first-order chi connectivity index (χ1) is 5.34. The quantitative estimate of drug-likeness (QED) is 0.671. The molecule has 1 N–H and O–H groups in total. The summed E-state index contributed by atoms with van der Waals surface area (Å²) in [5.41, 5.74) is 0. The number of hydrogen-bond donors (Lipinski definition) is 1. The van der Waals surface area contributed by atoms with Gasteiger partial charge in [-0.15, -0.1) is 0 Å². The van der Waals surface area contributed by atoms with Crippen molar-refractivity contribution in [3.05, 3.63) is 18.5 Å². The number of carbonyl (C=O) groups is 1. The zero-order valence-corrected chi connectivity index (χ0v) is 6.45. The van der Waals surface area contributed by atoms with Gasteiger partial charge >= 0.3 is 0 Å². The number of nitrogens with one attached hydrogen (secondary N) is 1. The van der Waals surface area contributed by atoms with Crippen LogP contribution in [0.4, 0.5) is 0 Å². The topological polar surface area (TPSA) is 46.9 Å². The summed E-state index contributed by atoms with van der Waals surface area (Å²) in [4.78, 5) is 11.1. The standard InChI is InChI=1S/C7H11N3O/c1-2-8-6-7(11)10-5-3-4-9-10/h3-5,8H,2,6H2,1H3. The minimum absolute atomic E-state index is 0.0307. The van der Waals surface area contributed by atoms with E-state index in [9.17, 15) is 4.79 Å². The lowest BCUT2D eigenvalue weighted by molar-refractivity contribution is 0.0897. The fourth-order valence-corrected chi connectivity index (χ4v) is 0.729. The van der Waals surface area contributed by atoms with Crippen LogP contribution in [0.3, 0.4) is 0 Å². The lowest BCUT2D eigenvalue weighted by Gasteiger charge is -1.99. The fourth-order valence-electron chi connectivity index (χ4n) is 0.729. The van der Waals surface area contributed by atoms with Crippen molar-refractivity contribution in [3.63, 3.8) is 0 Å². The highest BCUT2D eigenvalue weighted by Gasteiger charge is 2.01. The van der Waals surface area contributed by atoms with Gasteiger partial charge < -0.3 is 5.32 Å². The van der Waals surface area contributed by atoms with Gasteiger partial charge in [0.25, 0.3) is 5.91 Å². The first kappa shape index (κ1) is 7.94. The predicted molar refractivity (Wildman–Crippen MR) is 41.4 cm³/mol. The third-order valence-electron chi connectivity index (χ3n) is 1.29. The second-order valence-electron chi connectivity index (χ2n) is 2.12. The molecule has 1 aromatic rings. The average Bonchev–Trinajstić information content (AvgIpc) is 2.52. The van der Waals surface area contributed by atoms with Gasteiger partial charge in [0.05, 0.1) is 6.54 Å². The molecule has 0 atom stereocenters. The van der Waals surface area contributed by atoms with Crippen LogP contribution in [-0.4, -0.2) is 28.8 Å². The number of likely N-dealkylation sites (N-methyl/N-ethyl adjacent to an activating group) is 1. The maximum Gasteiger partial charge on any atom is 0.260 e. The molecule has 0 unspecified atom stereocenters. The van der Waals surface area contributed by atoms with Gasteiger partial charge in [-0.25, -0.2) is 4.68 Å². The molecule has 0 aliphatic heterocycles. The van der Waals surface area contributed by atoms with Crippen molar-refractivity contribution in [1.82, 2.24) is 15.1 Å². The summed E-state index contributed by atoms with van der Waals surface area (Å²) < 4.78 is 1.32. The van der Waals surface area contributed by atoms with E-state index in [2.05, 4.69) is 10.4 Å². The van der Waals surface area contributed by atoms with Crippen LogP contribution in [0.25, 0.3) is 0 Å². The van der Waals surface area contributed by atoms with Crippen LogP contribution >= 0.6 is 0 Å². The minimum Gasteiger partial charge on any atom is -0.309 e. The number of aromatic nitrogens is 2. The molecule has 60 valence electrons. The molecule has 0 aromatic carbocycles. The van der Waals surface area contributed by atoms with Crippen molar-refractivity contribution < 1.29 is 4.79 Å². The van der Waals surface area contributed by atoms with E-state index in [0.717, 1.165) is 6.54 Å². The zero-order valence-electron chi connectivity index (χ0n) is 6.45. The van der Waals surface area contributed by atoms with Crippen LogP contribution in [0, 0.1) is 0 Å². The highest BCUT2D eigenvalue weighted by atomic mass is 16.2. The van der Waals surface area contributed by atoms with Gasteiger partial charge in [0.15, 0.2) is 0 Å². The van der Waals surface area contributed by atoms with E-state index in [1.165, 1.54) is 4.68 Å². The summed E-state index contributed by atoms with van der Waals surface area (Å²) in [7, 11) is 0. The second kappa shape index (κ2) is 3.88. The highest BCUT2D eigenvalue weighted by molar-refractivity contribution is 5.79. The van der Waals surface area contributed by atoms with Crippen molar-refractivity contribution in [2.75, 3.05) is 13.1 Å². The molecule has 0 saturated carbocycles. The number of nitrogens with zero attached hydrogens (tertiary/aromatic N) is 2. The molecule has 0 amide bonds. The summed E-state index contributed by atoms with van der Waals surface area (Å²) in [6.45, 7) is 3.10. The molecule has 0 saturated heterocycles. The summed E-state index contributed by atoms with van der Waals surface area (Å²) in [6, 6.07) is 1.73. The Morgan fingerprint density at radius 2 is 2.55 bits per heavy atom. The molecule has 0 aliphatic carbocycles. The zero-order chi connectivity index (χ0) is 8.10. The maximum absolute atomic E-state index is 11.1. The molecule has 0 aliphatic rings. The largest absolute Gasteiger partial charge is 0.309 e. The van der Waals surface area contributed by atoms with Crippen LogP contribution in [0.2, 0.25) is 0 Å². The molecule has 4 heteroatoms. The smallest absolute Gasteiger partial charge is 0.260 e. The van der Waals surface area contributed by atoms with Crippen LogP contribution in [-0.2, 0) is 0 Å². The first-order valence-electron chi connectivity index (χ1n) is 3.58. The molecule has 1 heterocycles. The molecule has 0 fully saturated rings. The molecule has 1 rings (SSSR count). The van der Waals surface area contributed by atoms with Gasteiger partial charge in [-0.3, -0.25) is 4.79 Å². The van der Waals surface area contributed by atoms with E-state index < -0.39 is 0 Å². The van der Waals surface area contributed by atoms with E-state index in [4.69, 9.17) is 0 Å². The van der Waals surface area contributed by atoms with Crippen LogP contribution in [0.15, 0.2) is 18.5 Å². The minimum atomic E-state index is -0.0307. The second-order valence-corrected chi connectivity index (χ2v) is 2.12. The Balaban J connectivity index is 2.43. The highest BCUT2D eigenvalue weighted by Crippen LogP contribution is 1.82. The molecule has 0 spiro atoms. The summed E-state index contributed by atoms with van der Waals surface area (Å²) in [6.07, 6.45) is 3.23. The predicted octanol–water partition coefficient (Wildman–Crippen LogP) is 0.133. The van der Waals surface area contributed by atoms with Crippen molar-refractivity contribution in [1.29, 1.82) is 0 Å². The van der Waals surface area contributed by atoms with E-state index in [-0.39, 0.29) is 5.91 Å². The summed E-state index contributed by atoms with van der Waals surface area (Å²) in [5.74, 6) is -0.0307. The lowest BCUT2D eigenvalue weighted by Crippen LogP contribution is -2.27. The number of rotatable bonds is 3. The van der Waals surface area contributed by atoms with Crippen LogP contribution < -0.4 is 5.32 Å². The van der Waals surface area contributed by atoms with E-state index in [0.29, 0.717) is 6.54 Å². The molecular formula is C7H11N3O. The first-order valence-corrected chi connectivity index (χ1v) is 3.58. The summed E-state index contributed by atoms with van der Waals surface area (Å²) >= 11 is 0. The summed E-state index contributed by atoms with van der Waals surface area (Å²) in [5, 5.41) is 6.72. The molecule has 0 bridgehead atoms. The van der Waals surface area contributed by atoms with Crippen molar-refractivity contribution >= 4 is 5.91 Å². The molecule has 11 heavy (non-hydrogen) atoms. The molecule has 0 radical (unpaired) electrons. The van der Waals surface area contributed by atoms with E-state index >= 15 is 0 Å². The number of carbonyl (C=O) groups excluding carboxylic acids is 1. The van der Waals surface area contributed by atoms with Crippen molar-refractivity contribution in [2.24, 2.45) is 0 Å². The van der Waals surface area contributed by atoms with Crippen LogP contribution in [0.1, 0.15) is 11.7 Å². The molecule has 4 nitrogen and oxygen atoms in total. The number of hydrogen-bond acceptors (Lipinski definition) is 3. The normalized spacial score (nSPS) is 9.91. The monoisotopic (exact) mass is 153 g/mol. The lowest BCUT2D eigenvalue weighted by atomic mass is 10.5. The van der Waals surface area contributed by atoms with E-state index in [1.807, 2.05) is 6.92 Å². The van der Waals surface area contributed by atoms with Gasteiger partial charge in [-0.1, -0.05) is 6.92 Å². The average molecular weight is 153 g/mol. The SMILES string of the molecule is CCNCC(=O)n1cccn1. The van der Waals surface area contributed by atoms with Gasteiger partial charge in [-0.2, -0.15) is 5.10 Å². The Morgan fingerprint density at radius 1 is 1.73 bits per heavy atom. The Bertz CT molecular complexity index is 218.